The fourth-order valence-electron chi connectivity index (χ4n) is 2.33. The lowest BCUT2D eigenvalue weighted by atomic mass is 10.3. The fourth-order valence-corrected chi connectivity index (χ4v) is 3.12. The van der Waals surface area contributed by atoms with Gasteiger partial charge >= 0.3 is 6.03 Å². The number of carbonyl (C=O) groups is 2. The number of amides is 3. The van der Waals surface area contributed by atoms with E-state index in [1.807, 2.05) is 6.92 Å². The van der Waals surface area contributed by atoms with Crippen molar-refractivity contribution in [3.63, 3.8) is 0 Å². The second-order valence-corrected chi connectivity index (χ2v) is 7.00. The third kappa shape index (κ3) is 6.58. The summed E-state index contributed by atoms with van der Waals surface area (Å²) in [6, 6.07) is 5.49. The Kier molecular flexibility index (Phi) is 8.83. The summed E-state index contributed by atoms with van der Waals surface area (Å²) in [5, 5.41) is 7.65. The summed E-state index contributed by atoms with van der Waals surface area (Å²) in [6.07, 6.45) is 1.90. The first-order valence-corrected chi connectivity index (χ1v) is 9.95. The number of thiazole rings is 1. The quantitative estimate of drug-likeness (QED) is 0.590. The molecule has 0 radical (unpaired) electrons. The van der Waals surface area contributed by atoms with Crippen molar-refractivity contribution in [2.45, 2.75) is 26.3 Å². The number of methoxy groups -OCH3 is 1. The van der Waals surface area contributed by atoms with Gasteiger partial charge in [-0.3, -0.25) is 4.79 Å². The molecule has 1 aromatic heterocycles. The standard InChI is InChI=1S/C19H25FN4O3S/c1-3-4-9-21-18(25)16-13-28-17(22-16)12-24(10-11-27-2)19(26)23-15-8-6-5-7-14(15)20/h5-8,13H,3-4,9-12H2,1-2H3,(H,21,25)(H,23,26). The molecule has 0 aliphatic carbocycles. The van der Waals surface area contributed by atoms with Gasteiger partial charge in [-0.1, -0.05) is 25.5 Å². The van der Waals surface area contributed by atoms with Gasteiger partial charge in [-0.25, -0.2) is 14.2 Å². The summed E-state index contributed by atoms with van der Waals surface area (Å²) in [7, 11) is 1.54. The van der Waals surface area contributed by atoms with E-state index in [-0.39, 0.29) is 18.1 Å². The van der Waals surface area contributed by atoms with E-state index in [0.717, 1.165) is 12.8 Å². The van der Waals surface area contributed by atoms with Crippen LogP contribution in [0.4, 0.5) is 14.9 Å². The maximum atomic E-state index is 13.8. The Morgan fingerprint density at radius 3 is 2.82 bits per heavy atom. The minimum absolute atomic E-state index is 0.102. The molecule has 0 unspecified atom stereocenters. The van der Waals surface area contributed by atoms with Crippen LogP contribution in [0.3, 0.4) is 0 Å². The zero-order valence-electron chi connectivity index (χ0n) is 16.0. The van der Waals surface area contributed by atoms with Crippen LogP contribution in [0.15, 0.2) is 29.6 Å². The molecule has 0 fully saturated rings. The van der Waals surface area contributed by atoms with E-state index < -0.39 is 11.8 Å². The molecule has 0 aliphatic rings. The van der Waals surface area contributed by atoms with Crippen LogP contribution in [0.5, 0.6) is 0 Å². The first kappa shape index (κ1) is 21.8. The number of unbranched alkanes of at least 4 members (excludes halogenated alkanes) is 1. The number of benzene rings is 1. The number of urea groups is 1. The first-order chi connectivity index (χ1) is 13.5. The second kappa shape index (κ2) is 11.4. The van der Waals surface area contributed by atoms with Crippen LogP contribution >= 0.6 is 11.3 Å². The Balaban J connectivity index is 2.02. The average Bonchev–Trinajstić information content (AvgIpc) is 3.15. The summed E-state index contributed by atoms with van der Waals surface area (Å²) >= 11 is 1.30. The SMILES string of the molecule is CCCCNC(=O)c1csc(CN(CCOC)C(=O)Nc2ccccc2F)n1. The number of anilines is 1. The molecule has 7 nitrogen and oxygen atoms in total. The molecule has 2 N–H and O–H groups in total. The van der Waals surface area contributed by atoms with Crippen molar-refractivity contribution in [2.24, 2.45) is 0 Å². The lowest BCUT2D eigenvalue weighted by Gasteiger charge is -2.22. The van der Waals surface area contributed by atoms with Crippen molar-refractivity contribution < 1.29 is 18.7 Å². The maximum Gasteiger partial charge on any atom is 0.322 e. The Morgan fingerprint density at radius 2 is 2.11 bits per heavy atom. The number of hydrogen-bond acceptors (Lipinski definition) is 5. The van der Waals surface area contributed by atoms with Gasteiger partial charge in [-0.15, -0.1) is 11.3 Å². The molecule has 1 heterocycles. The van der Waals surface area contributed by atoms with Gasteiger partial charge < -0.3 is 20.3 Å². The van der Waals surface area contributed by atoms with Crippen molar-refractivity contribution in [3.05, 3.63) is 46.2 Å². The van der Waals surface area contributed by atoms with E-state index in [9.17, 15) is 14.0 Å². The second-order valence-electron chi connectivity index (χ2n) is 6.06. The predicted molar refractivity (Wildman–Crippen MR) is 107 cm³/mol. The molecule has 1 aromatic carbocycles. The molecule has 0 saturated heterocycles. The molecule has 9 heteroatoms. The highest BCUT2D eigenvalue weighted by Gasteiger charge is 2.18. The Bertz CT molecular complexity index is 784. The maximum absolute atomic E-state index is 13.8. The number of hydrogen-bond donors (Lipinski definition) is 2. The van der Waals surface area contributed by atoms with E-state index in [0.29, 0.717) is 30.4 Å². The normalized spacial score (nSPS) is 10.5. The van der Waals surface area contributed by atoms with Crippen molar-refractivity contribution in [2.75, 3.05) is 32.1 Å². The van der Waals surface area contributed by atoms with Crippen LogP contribution in [0.25, 0.3) is 0 Å². The fraction of sp³-hybridized carbons (Fsp3) is 0.421. The molecule has 152 valence electrons. The number of para-hydroxylation sites is 1. The minimum Gasteiger partial charge on any atom is -0.383 e. The zero-order valence-corrected chi connectivity index (χ0v) is 16.9. The highest BCUT2D eigenvalue weighted by atomic mass is 32.1. The number of rotatable bonds is 10. The van der Waals surface area contributed by atoms with Gasteiger partial charge in [-0.05, 0) is 18.6 Å². The Hall–Kier alpha value is -2.52. The molecule has 2 rings (SSSR count). The molecular formula is C19H25FN4O3S. The zero-order chi connectivity index (χ0) is 20.4. The third-order valence-electron chi connectivity index (χ3n) is 3.89. The van der Waals surface area contributed by atoms with Gasteiger partial charge in [0.15, 0.2) is 0 Å². The van der Waals surface area contributed by atoms with Crippen LogP contribution in [0.2, 0.25) is 0 Å². The van der Waals surface area contributed by atoms with Gasteiger partial charge in [0.1, 0.15) is 16.5 Å². The highest BCUT2D eigenvalue weighted by molar-refractivity contribution is 7.09. The average molecular weight is 408 g/mol. The lowest BCUT2D eigenvalue weighted by Crippen LogP contribution is -2.37. The number of halogens is 1. The van der Waals surface area contributed by atoms with Crippen molar-refractivity contribution in [1.29, 1.82) is 0 Å². The third-order valence-corrected chi connectivity index (χ3v) is 4.73. The van der Waals surface area contributed by atoms with Crippen LogP contribution < -0.4 is 10.6 Å². The van der Waals surface area contributed by atoms with Gasteiger partial charge in [0, 0.05) is 25.6 Å². The summed E-state index contributed by atoms with van der Waals surface area (Å²) in [6.45, 7) is 3.46. The van der Waals surface area contributed by atoms with E-state index in [1.54, 1.807) is 17.5 Å². The minimum atomic E-state index is -0.511. The predicted octanol–water partition coefficient (Wildman–Crippen LogP) is 3.49. The van der Waals surface area contributed by atoms with E-state index in [4.69, 9.17) is 4.74 Å². The first-order valence-electron chi connectivity index (χ1n) is 9.07. The molecule has 28 heavy (non-hydrogen) atoms. The highest BCUT2D eigenvalue weighted by Crippen LogP contribution is 2.16. The molecule has 0 aliphatic heterocycles. The molecular weight excluding hydrogens is 383 g/mol. The number of carbonyl (C=O) groups excluding carboxylic acids is 2. The smallest absolute Gasteiger partial charge is 0.322 e. The Labute approximate surface area is 167 Å². The van der Waals surface area contributed by atoms with Gasteiger partial charge in [0.2, 0.25) is 0 Å². The Morgan fingerprint density at radius 1 is 1.32 bits per heavy atom. The van der Waals surface area contributed by atoms with Crippen LogP contribution in [-0.2, 0) is 11.3 Å². The van der Waals surface area contributed by atoms with Gasteiger partial charge in [0.25, 0.3) is 5.91 Å². The summed E-state index contributed by atoms with van der Waals surface area (Å²) in [5.41, 5.74) is 0.433. The molecule has 2 aromatic rings. The van der Waals surface area contributed by atoms with Gasteiger partial charge in [-0.2, -0.15) is 0 Å². The monoisotopic (exact) mass is 408 g/mol. The van der Waals surface area contributed by atoms with Crippen molar-refractivity contribution >= 4 is 29.0 Å². The number of nitrogens with one attached hydrogen (secondary N) is 2. The molecule has 0 atom stereocenters. The van der Waals surface area contributed by atoms with E-state index in [1.165, 1.54) is 35.5 Å². The molecule has 3 amide bonds. The van der Waals surface area contributed by atoms with Crippen LogP contribution in [-0.4, -0.2) is 48.6 Å². The topological polar surface area (TPSA) is 83.6 Å². The summed E-state index contributed by atoms with van der Waals surface area (Å²) in [5.74, 6) is -0.738. The summed E-state index contributed by atoms with van der Waals surface area (Å²) in [4.78, 5) is 30.4. The van der Waals surface area contributed by atoms with Crippen LogP contribution in [0, 0.1) is 5.82 Å². The number of aromatic nitrogens is 1. The van der Waals surface area contributed by atoms with Crippen LogP contribution in [0.1, 0.15) is 35.3 Å². The molecule has 0 saturated carbocycles. The van der Waals surface area contributed by atoms with Gasteiger partial charge in [0.05, 0.1) is 18.8 Å². The molecule has 0 bridgehead atoms. The molecule has 0 spiro atoms. The lowest BCUT2D eigenvalue weighted by molar-refractivity contribution is 0.0948. The van der Waals surface area contributed by atoms with E-state index >= 15 is 0 Å². The summed E-state index contributed by atoms with van der Waals surface area (Å²) < 4.78 is 18.9. The van der Waals surface area contributed by atoms with Crippen molar-refractivity contribution in [1.82, 2.24) is 15.2 Å². The van der Waals surface area contributed by atoms with E-state index in [2.05, 4.69) is 15.6 Å². The van der Waals surface area contributed by atoms with Crippen molar-refractivity contribution in [3.8, 4) is 0 Å². The largest absolute Gasteiger partial charge is 0.383 e. The number of nitrogens with zero attached hydrogens (tertiary/aromatic N) is 2. The number of ether oxygens (including phenoxy) is 1.